The molecule has 3 heterocycles. The second-order valence-electron chi connectivity index (χ2n) is 11.8. The maximum absolute atomic E-state index is 12.4. The Morgan fingerprint density at radius 3 is 2.60 bits per heavy atom. The van der Waals surface area contributed by atoms with Crippen molar-refractivity contribution in [2.24, 2.45) is 5.73 Å². The quantitative estimate of drug-likeness (QED) is 0.223. The lowest BCUT2D eigenvalue weighted by atomic mass is 9.99. The summed E-state index contributed by atoms with van der Waals surface area (Å²) in [4.78, 5) is 26.5. The van der Waals surface area contributed by atoms with Crippen molar-refractivity contribution in [3.8, 4) is 0 Å². The first kappa shape index (κ1) is 30.2. The van der Waals surface area contributed by atoms with Crippen LogP contribution in [-0.2, 0) is 17.8 Å². The van der Waals surface area contributed by atoms with E-state index in [9.17, 15) is 4.79 Å². The van der Waals surface area contributed by atoms with Gasteiger partial charge in [-0.3, -0.25) is 4.79 Å². The van der Waals surface area contributed by atoms with Crippen molar-refractivity contribution in [1.29, 1.82) is 0 Å². The zero-order valence-electron chi connectivity index (χ0n) is 25.6. The molecule has 10 nitrogen and oxygen atoms in total. The second kappa shape index (κ2) is 13.8. The van der Waals surface area contributed by atoms with Crippen molar-refractivity contribution in [2.45, 2.75) is 51.6 Å². The van der Waals surface area contributed by atoms with Crippen LogP contribution in [0.25, 0.3) is 5.65 Å². The fraction of sp³-hybridized carbons (Fsp3) is 0.394. The first-order chi connectivity index (χ1) is 20.8. The van der Waals surface area contributed by atoms with Gasteiger partial charge in [0, 0.05) is 49.5 Å². The van der Waals surface area contributed by atoms with Crippen molar-refractivity contribution >= 4 is 29.1 Å². The number of carbonyl (C=O) groups is 1. The molecule has 0 bridgehead atoms. The third-order valence-electron chi connectivity index (χ3n) is 7.71. The number of carbonyl (C=O) groups excluding carboxylic acids is 1. The van der Waals surface area contributed by atoms with E-state index in [1.807, 2.05) is 54.0 Å². The minimum atomic E-state index is -0.134. The van der Waals surface area contributed by atoms with Gasteiger partial charge in [-0.15, -0.1) is 0 Å². The topological polar surface area (TPSA) is 117 Å². The molecule has 1 fully saturated rings. The van der Waals surface area contributed by atoms with Crippen LogP contribution in [0.1, 0.15) is 54.9 Å². The van der Waals surface area contributed by atoms with Gasteiger partial charge in [-0.1, -0.05) is 56.3 Å². The molecule has 0 aliphatic carbocycles. The predicted molar refractivity (Wildman–Crippen MR) is 174 cm³/mol. The summed E-state index contributed by atoms with van der Waals surface area (Å²) in [6, 6.07) is 16.6. The van der Waals surface area contributed by atoms with E-state index in [0.717, 1.165) is 60.4 Å². The number of nitrogens with zero attached hydrogens (tertiary/aromatic N) is 6. The van der Waals surface area contributed by atoms with Gasteiger partial charge in [0.05, 0.1) is 6.20 Å². The molecule has 4 N–H and O–H groups in total. The molecular weight excluding hydrogens is 538 g/mol. The van der Waals surface area contributed by atoms with Gasteiger partial charge in [0.15, 0.2) is 5.65 Å². The Bertz CT molecular complexity index is 1570. The minimum Gasteiger partial charge on any atom is -0.350 e. The average molecular weight is 582 g/mol. The summed E-state index contributed by atoms with van der Waals surface area (Å²) >= 11 is 0. The van der Waals surface area contributed by atoms with Gasteiger partial charge in [0.2, 0.25) is 17.8 Å². The second-order valence-corrected chi connectivity index (χ2v) is 11.8. The third kappa shape index (κ3) is 7.77. The van der Waals surface area contributed by atoms with E-state index < -0.39 is 0 Å². The Morgan fingerprint density at radius 2 is 1.86 bits per heavy atom. The molecule has 0 atom stereocenters. The highest BCUT2D eigenvalue weighted by Gasteiger charge is 2.22. The number of nitrogens with one attached hydrogen (secondary N) is 2. The number of piperidine rings is 1. The molecule has 0 spiro atoms. The van der Waals surface area contributed by atoms with Crippen LogP contribution in [0, 0.1) is 0 Å². The van der Waals surface area contributed by atoms with E-state index >= 15 is 0 Å². The van der Waals surface area contributed by atoms with Crippen molar-refractivity contribution < 1.29 is 4.79 Å². The molecule has 2 aromatic heterocycles. The molecule has 0 saturated carbocycles. The van der Waals surface area contributed by atoms with Crippen molar-refractivity contribution in [1.82, 2.24) is 24.5 Å². The Morgan fingerprint density at radius 1 is 1.09 bits per heavy atom. The summed E-state index contributed by atoms with van der Waals surface area (Å²) in [6.45, 7) is 7.30. The Balaban J connectivity index is 1.34. The molecule has 1 amide bonds. The van der Waals surface area contributed by atoms with Crippen molar-refractivity contribution in [3.63, 3.8) is 0 Å². The maximum atomic E-state index is 12.4. The first-order valence-electron chi connectivity index (χ1n) is 15.0. The van der Waals surface area contributed by atoms with Crippen LogP contribution in [0.4, 0.5) is 17.6 Å². The van der Waals surface area contributed by atoms with E-state index in [1.54, 1.807) is 6.08 Å². The highest BCUT2D eigenvalue weighted by Crippen LogP contribution is 2.25. The van der Waals surface area contributed by atoms with Crippen LogP contribution in [0.2, 0.25) is 0 Å². The number of benzene rings is 2. The Hall–Kier alpha value is -4.28. The van der Waals surface area contributed by atoms with Crippen LogP contribution in [0.3, 0.4) is 0 Å². The van der Waals surface area contributed by atoms with Gasteiger partial charge in [-0.05, 0) is 68.1 Å². The smallest absolute Gasteiger partial charge is 0.248 e. The molecule has 1 aliphatic rings. The fourth-order valence-corrected chi connectivity index (χ4v) is 5.26. The lowest BCUT2D eigenvalue weighted by Crippen LogP contribution is -2.40. The van der Waals surface area contributed by atoms with Gasteiger partial charge in [0.25, 0.3) is 0 Å². The van der Waals surface area contributed by atoms with E-state index in [1.165, 1.54) is 5.56 Å². The summed E-state index contributed by atoms with van der Waals surface area (Å²) in [5.74, 6) is 1.54. The zero-order valence-corrected chi connectivity index (χ0v) is 25.6. The van der Waals surface area contributed by atoms with E-state index in [0.29, 0.717) is 30.9 Å². The van der Waals surface area contributed by atoms with Crippen LogP contribution in [0.15, 0.2) is 66.9 Å². The molecule has 10 heteroatoms. The van der Waals surface area contributed by atoms with Gasteiger partial charge < -0.3 is 26.2 Å². The van der Waals surface area contributed by atoms with E-state index in [4.69, 9.17) is 15.7 Å². The lowest BCUT2D eigenvalue weighted by molar-refractivity contribution is -0.111. The molecular formula is C33H43N9O. The summed E-state index contributed by atoms with van der Waals surface area (Å²) < 4.78 is 1.82. The number of aromatic nitrogens is 4. The highest BCUT2D eigenvalue weighted by molar-refractivity contribution is 5.99. The van der Waals surface area contributed by atoms with Crippen molar-refractivity contribution in [2.75, 3.05) is 49.3 Å². The molecule has 43 heavy (non-hydrogen) atoms. The van der Waals surface area contributed by atoms with Crippen LogP contribution in [0.5, 0.6) is 0 Å². The number of nitrogens with two attached hydrogens (primary N) is 1. The average Bonchev–Trinajstić information content (AvgIpc) is 3.42. The standard InChI is InChI=1S/C33H43N9O/c1-23(2)29-22-36-42-31(29)38-33(41-17-14-27(34)15-18-41)39-32(42)35-21-26-11-6-5-10-25(26)19-24-9-7-12-28(20-24)37-30(43)13-8-16-40(3)4/h5-13,20,22-23,27H,14-19,21,34H2,1-4H3,(H,37,43)(H,35,38,39)/b13-8+. The van der Waals surface area contributed by atoms with Crippen LogP contribution < -0.4 is 21.3 Å². The predicted octanol–water partition coefficient (Wildman–Crippen LogP) is 4.43. The lowest BCUT2D eigenvalue weighted by Gasteiger charge is -2.30. The summed E-state index contributed by atoms with van der Waals surface area (Å²) in [6.07, 6.45) is 7.92. The molecule has 5 rings (SSSR count). The number of anilines is 3. The minimum absolute atomic E-state index is 0.134. The third-order valence-corrected chi connectivity index (χ3v) is 7.71. The normalized spacial score (nSPS) is 14.3. The molecule has 2 aromatic carbocycles. The Labute approximate surface area is 254 Å². The molecule has 0 unspecified atom stereocenters. The number of hydrogen-bond donors (Lipinski definition) is 3. The summed E-state index contributed by atoms with van der Waals surface area (Å²) in [5.41, 5.74) is 12.4. The summed E-state index contributed by atoms with van der Waals surface area (Å²) in [5, 5.41) is 11.2. The van der Waals surface area contributed by atoms with Crippen LogP contribution >= 0.6 is 0 Å². The molecule has 4 aromatic rings. The monoisotopic (exact) mass is 581 g/mol. The summed E-state index contributed by atoms with van der Waals surface area (Å²) in [7, 11) is 3.94. The fourth-order valence-electron chi connectivity index (χ4n) is 5.26. The molecule has 226 valence electrons. The molecule has 0 radical (unpaired) electrons. The first-order valence-corrected chi connectivity index (χ1v) is 15.0. The maximum Gasteiger partial charge on any atom is 0.248 e. The van der Waals surface area contributed by atoms with E-state index in [-0.39, 0.29) is 11.9 Å². The largest absolute Gasteiger partial charge is 0.350 e. The number of hydrogen-bond acceptors (Lipinski definition) is 8. The molecule has 1 saturated heterocycles. The van der Waals surface area contributed by atoms with E-state index in [2.05, 4.69) is 64.8 Å². The number of amides is 1. The van der Waals surface area contributed by atoms with Gasteiger partial charge in [-0.25, -0.2) is 0 Å². The zero-order chi connectivity index (χ0) is 30.3. The van der Waals surface area contributed by atoms with Gasteiger partial charge in [-0.2, -0.15) is 19.6 Å². The number of likely N-dealkylation sites (N-methyl/N-ethyl adjacent to an activating group) is 1. The van der Waals surface area contributed by atoms with Gasteiger partial charge >= 0.3 is 0 Å². The Kier molecular flexibility index (Phi) is 9.68. The number of fused-ring (bicyclic) bond motifs is 1. The van der Waals surface area contributed by atoms with Gasteiger partial charge in [0.1, 0.15) is 0 Å². The highest BCUT2D eigenvalue weighted by atomic mass is 16.1. The SMILES string of the molecule is CC(C)c1cnn2c(NCc3ccccc3Cc3cccc(NC(=O)/C=C/CN(C)C)c3)nc(N3CCC(N)CC3)nc12. The van der Waals surface area contributed by atoms with Crippen LogP contribution in [-0.4, -0.2) is 70.2 Å². The molecule has 1 aliphatic heterocycles. The number of rotatable bonds is 11. The van der Waals surface area contributed by atoms with Crippen molar-refractivity contribution in [3.05, 3.63) is 89.1 Å².